The molecule has 0 spiro atoms. The predicted octanol–water partition coefficient (Wildman–Crippen LogP) is 2.11. The van der Waals surface area contributed by atoms with Gasteiger partial charge in [-0.25, -0.2) is 12.8 Å². The fraction of sp³-hybridized carbons (Fsp3) is 0.308. The lowest BCUT2D eigenvalue weighted by Gasteiger charge is -2.18. The highest BCUT2D eigenvalue weighted by Gasteiger charge is 2.28. The van der Waals surface area contributed by atoms with Crippen molar-refractivity contribution < 1.29 is 12.8 Å². The number of benzene rings is 1. The average Bonchev–Trinajstić information content (AvgIpc) is 2.40. The smallest absolute Gasteiger partial charge is 0.221 e. The lowest BCUT2D eigenvalue weighted by molar-refractivity contribution is 0.565. The summed E-state index contributed by atoms with van der Waals surface area (Å²) < 4.78 is 38.3. The summed E-state index contributed by atoms with van der Waals surface area (Å²) in [7, 11) is -4.10. The van der Waals surface area contributed by atoms with E-state index in [2.05, 4.69) is 5.32 Å². The number of nitrogens with one attached hydrogen (secondary N) is 1. The topological polar surface area (TPSA) is 70.0 Å². The molecule has 1 aromatic carbocycles. The van der Waals surface area contributed by atoms with Crippen molar-refractivity contribution in [3.63, 3.8) is 0 Å². The van der Waals surface area contributed by atoms with Gasteiger partial charge in [-0.15, -0.1) is 0 Å². The summed E-state index contributed by atoms with van der Waals surface area (Å²) in [4.78, 5) is -0.830. The molecule has 19 heavy (non-hydrogen) atoms. The minimum absolute atomic E-state index is 0.378. The third-order valence-corrected chi connectivity index (χ3v) is 4.75. The summed E-state index contributed by atoms with van der Waals surface area (Å²) in [5, 5.41) is 12.0. The monoisotopic (exact) mass is 280 g/mol. The van der Waals surface area contributed by atoms with E-state index in [1.807, 2.05) is 0 Å². The average molecular weight is 280 g/mol. The van der Waals surface area contributed by atoms with E-state index in [4.69, 9.17) is 5.26 Å². The lowest BCUT2D eigenvalue weighted by atomic mass is 10.1. The Balaban J connectivity index is 2.55. The van der Waals surface area contributed by atoms with E-state index < -0.39 is 20.5 Å². The highest BCUT2D eigenvalue weighted by atomic mass is 32.2. The second-order valence-corrected chi connectivity index (χ2v) is 6.09. The van der Waals surface area contributed by atoms with Gasteiger partial charge in [0, 0.05) is 12.2 Å². The molecule has 1 heterocycles. The van der Waals surface area contributed by atoms with Crippen LogP contribution in [-0.4, -0.2) is 15.0 Å². The van der Waals surface area contributed by atoms with Crippen LogP contribution in [0.15, 0.2) is 39.8 Å². The summed E-state index contributed by atoms with van der Waals surface area (Å²) in [5.74, 6) is -0.841. The van der Waals surface area contributed by atoms with Crippen LogP contribution in [0.5, 0.6) is 0 Å². The number of nitrogens with zero attached hydrogens (tertiary/aromatic N) is 1. The van der Waals surface area contributed by atoms with Gasteiger partial charge in [-0.3, -0.25) is 0 Å². The first kappa shape index (κ1) is 13.6. The molecule has 0 aliphatic carbocycles. The normalized spacial score (nSPS) is 18.3. The van der Waals surface area contributed by atoms with Gasteiger partial charge in [0.25, 0.3) is 0 Å². The summed E-state index contributed by atoms with van der Waals surface area (Å²) in [6.07, 6.45) is 2.25. The van der Waals surface area contributed by atoms with Gasteiger partial charge in [0.15, 0.2) is 4.91 Å². The lowest BCUT2D eigenvalue weighted by Crippen LogP contribution is -2.23. The molecule has 0 amide bonds. The van der Waals surface area contributed by atoms with Crippen molar-refractivity contribution >= 4 is 9.84 Å². The molecule has 1 saturated heterocycles. The number of nitriles is 1. The summed E-state index contributed by atoms with van der Waals surface area (Å²) in [6.45, 7) is 0.632. The third-order valence-electron chi connectivity index (χ3n) is 2.96. The molecule has 1 aromatic rings. The standard InChI is InChI=1S/C13H13FN2O2S/c14-10-5-1-2-7-12(10)19(17,18)13(9-15)11-6-3-4-8-16-11/h1-2,5,7,16H,3-4,6,8H2. The van der Waals surface area contributed by atoms with Crippen molar-refractivity contribution in [2.75, 3.05) is 6.54 Å². The van der Waals surface area contributed by atoms with Gasteiger partial charge in [0.1, 0.15) is 16.8 Å². The van der Waals surface area contributed by atoms with Crippen LogP contribution in [0.4, 0.5) is 4.39 Å². The summed E-state index contributed by atoms with van der Waals surface area (Å²) >= 11 is 0. The van der Waals surface area contributed by atoms with Gasteiger partial charge in [-0.1, -0.05) is 12.1 Å². The largest absolute Gasteiger partial charge is 0.387 e. The highest BCUT2D eigenvalue weighted by molar-refractivity contribution is 7.95. The van der Waals surface area contributed by atoms with Crippen LogP contribution >= 0.6 is 0 Å². The molecular weight excluding hydrogens is 267 g/mol. The molecule has 0 radical (unpaired) electrons. The highest BCUT2D eigenvalue weighted by Crippen LogP contribution is 2.26. The number of rotatable bonds is 2. The SMILES string of the molecule is N#CC(=C1CCCCN1)S(=O)(=O)c1ccccc1F. The van der Waals surface area contributed by atoms with Gasteiger partial charge in [0.2, 0.25) is 9.84 Å². The molecule has 0 aromatic heterocycles. The van der Waals surface area contributed by atoms with E-state index in [-0.39, 0.29) is 4.91 Å². The van der Waals surface area contributed by atoms with E-state index in [9.17, 15) is 12.8 Å². The number of hydrogen-bond donors (Lipinski definition) is 1. The van der Waals surface area contributed by atoms with Crippen molar-refractivity contribution in [2.24, 2.45) is 0 Å². The van der Waals surface area contributed by atoms with Gasteiger partial charge >= 0.3 is 0 Å². The number of hydrogen-bond acceptors (Lipinski definition) is 4. The molecule has 1 N–H and O–H groups in total. The van der Waals surface area contributed by atoms with Crippen LogP contribution in [0.1, 0.15) is 19.3 Å². The quantitative estimate of drug-likeness (QED) is 0.842. The van der Waals surface area contributed by atoms with Crippen LogP contribution in [-0.2, 0) is 9.84 Å². The van der Waals surface area contributed by atoms with Crippen LogP contribution in [0, 0.1) is 17.1 Å². The Morgan fingerprint density at radius 3 is 2.63 bits per heavy atom. The van der Waals surface area contributed by atoms with Crippen LogP contribution in [0.2, 0.25) is 0 Å². The minimum atomic E-state index is -4.10. The van der Waals surface area contributed by atoms with Gasteiger partial charge < -0.3 is 5.32 Å². The zero-order chi connectivity index (χ0) is 13.9. The molecule has 1 aliphatic rings. The van der Waals surface area contributed by atoms with Crippen LogP contribution < -0.4 is 5.32 Å². The fourth-order valence-corrected chi connectivity index (χ4v) is 3.43. The van der Waals surface area contributed by atoms with E-state index in [0.717, 1.165) is 18.9 Å². The number of sulfone groups is 1. The van der Waals surface area contributed by atoms with Crippen molar-refractivity contribution in [1.29, 1.82) is 5.26 Å². The molecule has 0 saturated carbocycles. The number of halogens is 1. The molecule has 0 unspecified atom stereocenters. The van der Waals surface area contributed by atoms with Gasteiger partial charge in [-0.05, 0) is 31.4 Å². The zero-order valence-electron chi connectivity index (χ0n) is 10.2. The van der Waals surface area contributed by atoms with E-state index in [1.54, 1.807) is 6.07 Å². The Morgan fingerprint density at radius 2 is 2.05 bits per heavy atom. The fourth-order valence-electron chi connectivity index (χ4n) is 2.01. The first-order chi connectivity index (χ1) is 9.07. The van der Waals surface area contributed by atoms with Crippen LogP contribution in [0.3, 0.4) is 0 Å². The summed E-state index contributed by atoms with van der Waals surface area (Å²) in [5.41, 5.74) is 0.386. The Bertz CT molecular complexity index is 651. The third kappa shape index (κ3) is 2.61. The molecule has 0 atom stereocenters. The summed E-state index contributed by atoms with van der Waals surface area (Å²) in [6, 6.07) is 6.79. The second kappa shape index (κ2) is 5.41. The molecule has 100 valence electrons. The molecule has 0 bridgehead atoms. The number of allylic oxidation sites excluding steroid dienone is 2. The first-order valence-electron chi connectivity index (χ1n) is 5.94. The minimum Gasteiger partial charge on any atom is -0.387 e. The molecular formula is C13H13FN2O2S. The van der Waals surface area contributed by atoms with Crippen LogP contribution in [0.25, 0.3) is 0 Å². The number of piperidine rings is 1. The molecule has 1 aliphatic heterocycles. The van der Waals surface area contributed by atoms with Gasteiger partial charge in [-0.2, -0.15) is 5.26 Å². The van der Waals surface area contributed by atoms with Crippen molar-refractivity contribution in [2.45, 2.75) is 24.2 Å². The molecule has 4 nitrogen and oxygen atoms in total. The first-order valence-corrected chi connectivity index (χ1v) is 7.42. The molecule has 2 rings (SSSR count). The maximum absolute atomic E-state index is 13.6. The molecule has 6 heteroatoms. The zero-order valence-corrected chi connectivity index (χ0v) is 11.0. The Hall–Kier alpha value is -1.87. The van der Waals surface area contributed by atoms with Gasteiger partial charge in [0.05, 0.1) is 0 Å². The Kier molecular flexibility index (Phi) is 3.86. The second-order valence-electron chi connectivity index (χ2n) is 4.24. The van der Waals surface area contributed by atoms with Crippen molar-refractivity contribution in [1.82, 2.24) is 5.32 Å². The Labute approximate surface area is 111 Å². The van der Waals surface area contributed by atoms with Crippen molar-refractivity contribution in [3.05, 3.63) is 40.7 Å². The maximum Gasteiger partial charge on any atom is 0.221 e. The van der Waals surface area contributed by atoms with E-state index in [1.165, 1.54) is 18.2 Å². The van der Waals surface area contributed by atoms with E-state index in [0.29, 0.717) is 18.7 Å². The van der Waals surface area contributed by atoms with Crippen molar-refractivity contribution in [3.8, 4) is 6.07 Å². The Morgan fingerprint density at radius 1 is 1.32 bits per heavy atom. The molecule has 1 fully saturated rings. The van der Waals surface area contributed by atoms with E-state index >= 15 is 0 Å². The maximum atomic E-state index is 13.6. The predicted molar refractivity (Wildman–Crippen MR) is 68.1 cm³/mol.